The lowest BCUT2D eigenvalue weighted by Gasteiger charge is -2.23. The third kappa shape index (κ3) is 6.25. The van der Waals surface area contributed by atoms with Gasteiger partial charge in [-0.2, -0.15) is 0 Å². The molecule has 4 heteroatoms. The molecule has 122 valence electrons. The molecule has 4 nitrogen and oxygen atoms in total. The lowest BCUT2D eigenvalue weighted by atomic mass is 10.0. The predicted octanol–water partition coefficient (Wildman–Crippen LogP) is 2.46. The molecule has 0 aromatic heterocycles. The van der Waals surface area contributed by atoms with Gasteiger partial charge in [0.25, 0.3) is 0 Å². The Labute approximate surface area is 130 Å². The maximum atomic E-state index is 4.34. The van der Waals surface area contributed by atoms with E-state index in [2.05, 4.69) is 34.4 Å². The van der Waals surface area contributed by atoms with Crippen LogP contribution in [0.25, 0.3) is 0 Å². The predicted molar refractivity (Wildman–Crippen MR) is 90.8 cm³/mol. The van der Waals surface area contributed by atoms with E-state index in [-0.39, 0.29) is 0 Å². The summed E-state index contributed by atoms with van der Waals surface area (Å²) >= 11 is 0. The fraction of sp³-hybridized carbons (Fsp3) is 0.941. The number of hydrogen-bond donors (Lipinski definition) is 2. The van der Waals surface area contributed by atoms with E-state index in [0.29, 0.717) is 0 Å². The minimum absolute atomic E-state index is 0.751. The van der Waals surface area contributed by atoms with Crippen molar-refractivity contribution in [2.24, 2.45) is 16.8 Å². The van der Waals surface area contributed by atoms with Crippen LogP contribution >= 0.6 is 0 Å². The fourth-order valence-electron chi connectivity index (χ4n) is 2.85. The Kier molecular flexibility index (Phi) is 6.81. The van der Waals surface area contributed by atoms with Crippen molar-refractivity contribution < 1.29 is 0 Å². The summed E-state index contributed by atoms with van der Waals surface area (Å²) in [6.07, 6.45) is 8.20. The summed E-state index contributed by atoms with van der Waals surface area (Å²) < 4.78 is 0. The lowest BCUT2D eigenvalue weighted by molar-refractivity contribution is 0.256. The highest BCUT2D eigenvalue weighted by Gasteiger charge is 2.33. The molecule has 2 aliphatic rings. The molecule has 0 bridgehead atoms. The molecule has 2 aliphatic carbocycles. The van der Waals surface area contributed by atoms with Crippen molar-refractivity contribution >= 4 is 5.96 Å². The highest BCUT2D eigenvalue weighted by atomic mass is 15.2. The molecular formula is C17H34N4. The minimum Gasteiger partial charge on any atom is -0.356 e. The Morgan fingerprint density at radius 2 is 1.86 bits per heavy atom. The van der Waals surface area contributed by atoms with Crippen LogP contribution in [-0.4, -0.2) is 50.1 Å². The molecule has 0 unspecified atom stereocenters. The Morgan fingerprint density at radius 1 is 1.14 bits per heavy atom. The van der Waals surface area contributed by atoms with Crippen LogP contribution in [0.3, 0.4) is 0 Å². The largest absolute Gasteiger partial charge is 0.356 e. The van der Waals surface area contributed by atoms with Gasteiger partial charge in [-0.05, 0) is 37.5 Å². The first-order valence-electron chi connectivity index (χ1n) is 8.95. The number of nitrogens with one attached hydrogen (secondary N) is 2. The van der Waals surface area contributed by atoms with Gasteiger partial charge in [0.2, 0.25) is 0 Å². The van der Waals surface area contributed by atoms with Gasteiger partial charge in [-0.25, -0.2) is 0 Å². The van der Waals surface area contributed by atoms with Gasteiger partial charge < -0.3 is 10.6 Å². The molecule has 0 aliphatic heterocycles. The average molecular weight is 294 g/mol. The SMILES string of the molecule is CCC(CC)CNC(=NC)NCCN(CC1CC1)C1CC1. The maximum absolute atomic E-state index is 4.34. The summed E-state index contributed by atoms with van der Waals surface area (Å²) in [6, 6.07) is 0.881. The summed E-state index contributed by atoms with van der Waals surface area (Å²) in [5.74, 6) is 2.71. The second kappa shape index (κ2) is 8.62. The molecule has 0 amide bonds. The van der Waals surface area contributed by atoms with Crippen LogP contribution in [0.2, 0.25) is 0 Å². The van der Waals surface area contributed by atoms with Crippen molar-refractivity contribution in [2.75, 3.05) is 33.2 Å². The Morgan fingerprint density at radius 3 is 2.38 bits per heavy atom. The first-order valence-corrected chi connectivity index (χ1v) is 8.95. The fourth-order valence-corrected chi connectivity index (χ4v) is 2.85. The van der Waals surface area contributed by atoms with E-state index >= 15 is 0 Å². The molecular weight excluding hydrogens is 260 g/mol. The van der Waals surface area contributed by atoms with Crippen LogP contribution in [0.5, 0.6) is 0 Å². The molecule has 2 rings (SSSR count). The van der Waals surface area contributed by atoms with Gasteiger partial charge in [-0.15, -0.1) is 0 Å². The molecule has 2 N–H and O–H groups in total. The molecule has 2 saturated carbocycles. The zero-order chi connectivity index (χ0) is 15.1. The number of aliphatic imine (C=N–C) groups is 1. The minimum atomic E-state index is 0.751. The highest BCUT2D eigenvalue weighted by Crippen LogP contribution is 2.34. The number of guanidine groups is 1. The van der Waals surface area contributed by atoms with Crippen LogP contribution in [0.4, 0.5) is 0 Å². The third-order valence-electron chi connectivity index (χ3n) is 4.88. The second-order valence-corrected chi connectivity index (χ2v) is 6.73. The zero-order valence-corrected chi connectivity index (χ0v) is 14.2. The highest BCUT2D eigenvalue weighted by molar-refractivity contribution is 5.79. The third-order valence-corrected chi connectivity index (χ3v) is 4.88. The van der Waals surface area contributed by atoms with Crippen LogP contribution in [0.15, 0.2) is 4.99 Å². The molecule has 0 spiro atoms. The molecule has 0 radical (unpaired) electrons. The van der Waals surface area contributed by atoms with Crippen molar-refractivity contribution in [3.8, 4) is 0 Å². The van der Waals surface area contributed by atoms with Crippen molar-refractivity contribution in [1.29, 1.82) is 0 Å². The topological polar surface area (TPSA) is 39.7 Å². The van der Waals surface area contributed by atoms with Gasteiger partial charge in [-0.3, -0.25) is 9.89 Å². The number of hydrogen-bond acceptors (Lipinski definition) is 2. The Balaban J connectivity index is 1.62. The van der Waals surface area contributed by atoms with E-state index in [9.17, 15) is 0 Å². The van der Waals surface area contributed by atoms with Gasteiger partial charge in [-0.1, -0.05) is 26.7 Å². The van der Waals surface area contributed by atoms with Crippen LogP contribution in [0, 0.1) is 11.8 Å². The molecule has 0 aromatic rings. The van der Waals surface area contributed by atoms with Gasteiger partial charge in [0, 0.05) is 39.3 Å². The maximum Gasteiger partial charge on any atom is 0.191 e. The number of rotatable bonds is 10. The van der Waals surface area contributed by atoms with E-state index in [1.54, 1.807) is 0 Å². The average Bonchev–Trinajstić information content (AvgIpc) is 3.38. The first kappa shape index (κ1) is 16.6. The first-order chi connectivity index (χ1) is 10.3. The monoisotopic (exact) mass is 294 g/mol. The van der Waals surface area contributed by atoms with E-state index in [0.717, 1.165) is 43.5 Å². The Hall–Kier alpha value is -0.770. The van der Waals surface area contributed by atoms with Gasteiger partial charge in [0.05, 0.1) is 0 Å². The summed E-state index contributed by atoms with van der Waals surface area (Å²) in [6.45, 7) is 9.04. The molecule has 21 heavy (non-hydrogen) atoms. The summed E-state index contributed by atoms with van der Waals surface area (Å²) in [5.41, 5.74) is 0. The zero-order valence-electron chi connectivity index (χ0n) is 14.2. The quantitative estimate of drug-likeness (QED) is 0.480. The Bertz CT molecular complexity index is 317. The van der Waals surface area contributed by atoms with Gasteiger partial charge in [0.1, 0.15) is 0 Å². The normalized spacial score (nSPS) is 19.4. The molecule has 0 saturated heterocycles. The molecule has 2 fully saturated rings. The van der Waals surface area contributed by atoms with Crippen molar-refractivity contribution in [3.05, 3.63) is 0 Å². The van der Waals surface area contributed by atoms with Gasteiger partial charge >= 0.3 is 0 Å². The second-order valence-electron chi connectivity index (χ2n) is 6.73. The van der Waals surface area contributed by atoms with Crippen LogP contribution in [0.1, 0.15) is 52.4 Å². The summed E-state index contributed by atoms with van der Waals surface area (Å²) in [7, 11) is 1.87. The van der Waals surface area contributed by atoms with E-state index in [1.165, 1.54) is 45.1 Å². The van der Waals surface area contributed by atoms with Crippen molar-refractivity contribution in [1.82, 2.24) is 15.5 Å². The van der Waals surface area contributed by atoms with Crippen LogP contribution < -0.4 is 10.6 Å². The van der Waals surface area contributed by atoms with E-state index in [1.807, 2.05) is 7.05 Å². The smallest absolute Gasteiger partial charge is 0.191 e. The molecule has 0 atom stereocenters. The number of nitrogens with zero attached hydrogens (tertiary/aromatic N) is 2. The van der Waals surface area contributed by atoms with Crippen LogP contribution in [-0.2, 0) is 0 Å². The molecule has 0 aromatic carbocycles. The van der Waals surface area contributed by atoms with Crippen molar-refractivity contribution in [3.63, 3.8) is 0 Å². The lowest BCUT2D eigenvalue weighted by Crippen LogP contribution is -2.43. The van der Waals surface area contributed by atoms with E-state index in [4.69, 9.17) is 0 Å². The summed E-state index contributed by atoms with van der Waals surface area (Å²) in [4.78, 5) is 7.03. The van der Waals surface area contributed by atoms with Crippen molar-refractivity contribution in [2.45, 2.75) is 58.4 Å². The standard InChI is InChI=1S/C17H34N4/c1-4-14(5-2)12-20-17(18-3)19-10-11-21(16-8-9-16)13-15-6-7-15/h14-16H,4-13H2,1-3H3,(H2,18,19,20). The van der Waals surface area contributed by atoms with Gasteiger partial charge in [0.15, 0.2) is 5.96 Å². The summed E-state index contributed by atoms with van der Waals surface area (Å²) in [5, 5.41) is 6.94. The van der Waals surface area contributed by atoms with E-state index < -0.39 is 0 Å². The molecule has 0 heterocycles.